The van der Waals surface area contributed by atoms with Gasteiger partial charge in [0.15, 0.2) is 0 Å². The molecule has 0 aliphatic heterocycles. The Kier molecular flexibility index (Phi) is 1.73. The van der Waals surface area contributed by atoms with E-state index in [-0.39, 0.29) is 0 Å². The molecule has 48 valence electrons. The summed E-state index contributed by atoms with van der Waals surface area (Å²) in [6.07, 6.45) is 8.72. The average molecular weight is 122 g/mol. The van der Waals surface area contributed by atoms with Crippen molar-refractivity contribution in [2.75, 3.05) is 0 Å². The third-order valence-corrected chi connectivity index (χ3v) is 1.35. The summed E-state index contributed by atoms with van der Waals surface area (Å²) < 4.78 is 0. The van der Waals surface area contributed by atoms with E-state index in [1.165, 1.54) is 0 Å². The van der Waals surface area contributed by atoms with Crippen LogP contribution in [-0.4, -0.2) is 5.11 Å². The highest BCUT2D eigenvalue weighted by molar-refractivity contribution is 5.30. The van der Waals surface area contributed by atoms with Crippen molar-refractivity contribution in [3.63, 3.8) is 0 Å². The van der Waals surface area contributed by atoms with E-state index in [0.29, 0.717) is 5.76 Å². The van der Waals surface area contributed by atoms with Crippen LogP contribution in [0.2, 0.25) is 0 Å². The number of allylic oxidation sites excluding steroid dienone is 6. The highest BCUT2D eigenvalue weighted by atomic mass is 16.3. The van der Waals surface area contributed by atoms with Crippen molar-refractivity contribution in [3.8, 4) is 0 Å². The van der Waals surface area contributed by atoms with E-state index < -0.39 is 0 Å². The summed E-state index contributed by atoms with van der Waals surface area (Å²) in [5, 5.41) is 8.97. The molecule has 0 atom stereocenters. The van der Waals surface area contributed by atoms with Crippen LogP contribution in [0.15, 0.2) is 35.6 Å². The van der Waals surface area contributed by atoms with Crippen molar-refractivity contribution in [3.05, 3.63) is 35.6 Å². The van der Waals surface area contributed by atoms with Gasteiger partial charge in [0, 0.05) is 0 Å². The van der Waals surface area contributed by atoms with Crippen LogP contribution in [0.4, 0.5) is 0 Å². The Morgan fingerprint density at radius 1 is 1.56 bits per heavy atom. The molecule has 0 bridgehead atoms. The average Bonchev–Trinajstić information content (AvgIpc) is 1.90. The maximum absolute atomic E-state index is 8.97. The summed E-state index contributed by atoms with van der Waals surface area (Å²) in [6.45, 7) is 1.71. The van der Waals surface area contributed by atoms with E-state index >= 15 is 0 Å². The number of aliphatic hydroxyl groups excluding tert-OH is 1. The van der Waals surface area contributed by atoms with Gasteiger partial charge in [-0.2, -0.15) is 0 Å². The van der Waals surface area contributed by atoms with Gasteiger partial charge >= 0.3 is 0 Å². The largest absolute Gasteiger partial charge is 0.512 e. The number of hydrogen-bond acceptors (Lipinski definition) is 1. The molecule has 0 amide bonds. The fourth-order valence-corrected chi connectivity index (χ4v) is 0.782. The Bertz CT molecular complexity index is 181. The first kappa shape index (κ1) is 6.14. The van der Waals surface area contributed by atoms with Crippen LogP contribution in [0.5, 0.6) is 0 Å². The molecular weight excluding hydrogens is 112 g/mol. The zero-order valence-electron chi connectivity index (χ0n) is 5.46. The molecule has 0 saturated carbocycles. The molecule has 9 heavy (non-hydrogen) atoms. The number of hydrogen-bond donors (Lipinski definition) is 1. The van der Waals surface area contributed by atoms with Crippen LogP contribution in [0.1, 0.15) is 13.3 Å². The van der Waals surface area contributed by atoms with Gasteiger partial charge in [0.1, 0.15) is 0 Å². The highest BCUT2D eigenvalue weighted by Gasteiger charge is 1.95. The van der Waals surface area contributed by atoms with Gasteiger partial charge in [-0.25, -0.2) is 0 Å². The molecule has 0 radical (unpaired) electrons. The molecule has 1 nitrogen and oxygen atoms in total. The molecule has 1 aliphatic rings. The second-order valence-electron chi connectivity index (χ2n) is 2.10. The lowest BCUT2D eigenvalue weighted by atomic mass is 10.1. The molecule has 0 aromatic carbocycles. The maximum Gasteiger partial charge on any atom is 0.0926 e. The van der Waals surface area contributed by atoms with Crippen LogP contribution in [-0.2, 0) is 0 Å². The second-order valence-corrected chi connectivity index (χ2v) is 2.10. The Morgan fingerprint density at radius 2 is 2.33 bits per heavy atom. The van der Waals surface area contributed by atoms with E-state index in [0.717, 1.165) is 12.0 Å². The fourth-order valence-electron chi connectivity index (χ4n) is 0.782. The van der Waals surface area contributed by atoms with E-state index in [4.69, 9.17) is 5.11 Å². The van der Waals surface area contributed by atoms with Crippen molar-refractivity contribution >= 4 is 0 Å². The van der Waals surface area contributed by atoms with Crippen LogP contribution in [0.3, 0.4) is 0 Å². The second kappa shape index (κ2) is 2.53. The van der Waals surface area contributed by atoms with E-state index in [1.807, 2.05) is 24.3 Å². The minimum Gasteiger partial charge on any atom is -0.512 e. The van der Waals surface area contributed by atoms with Gasteiger partial charge in [0.2, 0.25) is 0 Å². The highest BCUT2D eigenvalue weighted by Crippen LogP contribution is 2.12. The van der Waals surface area contributed by atoms with Gasteiger partial charge in [-0.05, 0) is 18.9 Å². The van der Waals surface area contributed by atoms with E-state index in [2.05, 4.69) is 0 Å². The Morgan fingerprint density at radius 3 is 2.67 bits per heavy atom. The summed E-state index contributed by atoms with van der Waals surface area (Å²) in [5.41, 5.74) is 1.01. The number of rotatable bonds is 0. The van der Waals surface area contributed by atoms with Gasteiger partial charge in [0.05, 0.1) is 5.76 Å². The third kappa shape index (κ3) is 1.46. The van der Waals surface area contributed by atoms with E-state index in [1.54, 1.807) is 6.92 Å². The predicted octanol–water partition coefficient (Wildman–Crippen LogP) is 2.33. The lowest BCUT2D eigenvalue weighted by Gasteiger charge is -2.01. The quantitative estimate of drug-likeness (QED) is 0.489. The first-order valence-corrected chi connectivity index (χ1v) is 3.02. The first-order chi connectivity index (χ1) is 4.30. The summed E-state index contributed by atoms with van der Waals surface area (Å²) in [6, 6.07) is 0. The standard InChI is InChI=1S/C8H10O/c1-7(9)8-5-3-2-4-6-8/h2-5,9H,6H2,1H3/b8-7+. The molecule has 0 spiro atoms. The molecule has 0 aromatic heterocycles. The van der Waals surface area contributed by atoms with Crippen LogP contribution in [0.25, 0.3) is 0 Å². The SMILES string of the molecule is C/C(O)=C1/C=CC=CC1. The molecule has 0 saturated heterocycles. The molecule has 1 rings (SSSR count). The predicted molar refractivity (Wildman–Crippen MR) is 38.2 cm³/mol. The van der Waals surface area contributed by atoms with Gasteiger partial charge < -0.3 is 5.11 Å². The zero-order valence-corrected chi connectivity index (χ0v) is 5.46. The maximum atomic E-state index is 8.97. The van der Waals surface area contributed by atoms with Crippen molar-refractivity contribution in [1.82, 2.24) is 0 Å². The van der Waals surface area contributed by atoms with Gasteiger partial charge in [0.25, 0.3) is 0 Å². The molecular formula is C8H10O. The minimum atomic E-state index is 0.426. The summed E-state index contributed by atoms with van der Waals surface area (Å²) in [5.74, 6) is 0.426. The Hall–Kier alpha value is -0.980. The fraction of sp³-hybridized carbons (Fsp3) is 0.250. The third-order valence-electron chi connectivity index (χ3n) is 1.35. The van der Waals surface area contributed by atoms with Crippen LogP contribution in [0, 0.1) is 0 Å². The summed E-state index contributed by atoms with van der Waals surface area (Å²) in [7, 11) is 0. The lowest BCUT2D eigenvalue weighted by Crippen LogP contribution is -1.84. The topological polar surface area (TPSA) is 20.2 Å². The van der Waals surface area contributed by atoms with Crippen molar-refractivity contribution in [2.45, 2.75) is 13.3 Å². The first-order valence-electron chi connectivity index (χ1n) is 3.02. The van der Waals surface area contributed by atoms with Gasteiger partial charge in [-0.15, -0.1) is 0 Å². The number of aliphatic hydroxyl groups is 1. The monoisotopic (exact) mass is 122 g/mol. The normalized spacial score (nSPS) is 22.3. The lowest BCUT2D eigenvalue weighted by molar-refractivity contribution is 0.408. The Balaban J connectivity index is 2.78. The van der Waals surface area contributed by atoms with Crippen LogP contribution < -0.4 is 0 Å². The molecule has 0 unspecified atom stereocenters. The van der Waals surface area contributed by atoms with Crippen molar-refractivity contribution < 1.29 is 5.11 Å². The summed E-state index contributed by atoms with van der Waals surface area (Å²) in [4.78, 5) is 0. The zero-order chi connectivity index (χ0) is 6.69. The van der Waals surface area contributed by atoms with Gasteiger partial charge in [-0.1, -0.05) is 24.3 Å². The molecule has 1 heteroatoms. The van der Waals surface area contributed by atoms with E-state index in [9.17, 15) is 0 Å². The van der Waals surface area contributed by atoms with Crippen molar-refractivity contribution in [1.29, 1.82) is 0 Å². The summed E-state index contributed by atoms with van der Waals surface area (Å²) >= 11 is 0. The smallest absolute Gasteiger partial charge is 0.0926 e. The molecule has 1 aliphatic carbocycles. The van der Waals surface area contributed by atoms with Crippen LogP contribution >= 0.6 is 0 Å². The molecule has 0 fully saturated rings. The van der Waals surface area contributed by atoms with Gasteiger partial charge in [-0.3, -0.25) is 0 Å². The minimum absolute atomic E-state index is 0.426. The molecule has 0 aromatic rings. The molecule has 0 heterocycles. The van der Waals surface area contributed by atoms with Crippen molar-refractivity contribution in [2.24, 2.45) is 0 Å². The Labute approximate surface area is 55.0 Å². The molecule has 1 N–H and O–H groups in total.